The molecule has 2 unspecified atom stereocenters. The molecular formula is C12H15NO5S. The first-order valence-electron chi connectivity index (χ1n) is 5.83. The maximum absolute atomic E-state index is 12.4. The summed E-state index contributed by atoms with van der Waals surface area (Å²) in [5.41, 5.74) is 0.912. The van der Waals surface area contributed by atoms with Crippen LogP contribution in [0, 0.1) is 6.92 Å². The minimum absolute atomic E-state index is 0.00828. The van der Waals surface area contributed by atoms with Gasteiger partial charge in [0.05, 0.1) is 11.0 Å². The lowest BCUT2D eigenvalue weighted by atomic mass is 10.2. The normalized spacial score (nSPS) is 24.5. The summed E-state index contributed by atoms with van der Waals surface area (Å²) in [6.45, 7) is 1.84. The average molecular weight is 285 g/mol. The molecule has 0 aliphatic carbocycles. The van der Waals surface area contributed by atoms with Crippen molar-refractivity contribution in [3.63, 3.8) is 0 Å². The highest BCUT2D eigenvalue weighted by molar-refractivity contribution is 7.89. The summed E-state index contributed by atoms with van der Waals surface area (Å²) in [4.78, 5) is 11.1. The zero-order valence-electron chi connectivity index (χ0n) is 10.4. The predicted octanol–water partition coefficient (Wildman–Crippen LogP) is 0.204. The van der Waals surface area contributed by atoms with E-state index in [0.29, 0.717) is 0 Å². The third-order valence-electron chi connectivity index (χ3n) is 3.20. The number of rotatable bonds is 3. The standard InChI is InChI=1S/C12H15NO5S/c1-8-2-4-9(5-3-8)19(17,18)13-7-6-10(14)11(13)12(15)16/h2-5,10-11,14H,6-7H2,1H3,(H,15,16). The number of hydrogen-bond donors (Lipinski definition) is 2. The summed E-state index contributed by atoms with van der Waals surface area (Å²) in [5, 5.41) is 18.6. The van der Waals surface area contributed by atoms with Gasteiger partial charge in [-0.25, -0.2) is 8.42 Å². The largest absolute Gasteiger partial charge is 0.480 e. The van der Waals surface area contributed by atoms with E-state index < -0.39 is 28.1 Å². The molecule has 1 fully saturated rings. The van der Waals surface area contributed by atoms with E-state index >= 15 is 0 Å². The Bertz CT molecular complexity index is 581. The van der Waals surface area contributed by atoms with Crippen LogP contribution in [0.15, 0.2) is 29.2 Å². The van der Waals surface area contributed by atoms with E-state index in [1.807, 2.05) is 6.92 Å². The second-order valence-electron chi connectivity index (χ2n) is 4.57. The Morgan fingerprint density at radius 3 is 2.42 bits per heavy atom. The van der Waals surface area contributed by atoms with E-state index in [9.17, 15) is 18.3 Å². The molecule has 0 amide bonds. The van der Waals surface area contributed by atoms with Crippen LogP contribution in [0.3, 0.4) is 0 Å². The maximum atomic E-state index is 12.4. The number of aliphatic hydroxyl groups excluding tert-OH is 1. The Labute approximate surface area is 111 Å². The van der Waals surface area contributed by atoms with Gasteiger partial charge in [0.2, 0.25) is 10.0 Å². The monoisotopic (exact) mass is 285 g/mol. The highest BCUT2D eigenvalue weighted by Gasteiger charge is 2.45. The number of carbonyl (C=O) groups is 1. The van der Waals surface area contributed by atoms with Crippen molar-refractivity contribution in [2.45, 2.75) is 30.4 Å². The molecule has 1 heterocycles. The number of benzene rings is 1. The quantitative estimate of drug-likeness (QED) is 0.827. The molecule has 7 heteroatoms. The summed E-state index contributed by atoms with van der Waals surface area (Å²) in [6.07, 6.45) is -1.04. The number of aliphatic hydroxyl groups is 1. The summed E-state index contributed by atoms with van der Waals surface area (Å²) in [6, 6.07) is 4.76. The zero-order chi connectivity index (χ0) is 14.2. The number of aryl methyl sites for hydroxylation is 1. The van der Waals surface area contributed by atoms with E-state index in [0.717, 1.165) is 9.87 Å². The highest BCUT2D eigenvalue weighted by Crippen LogP contribution is 2.26. The second kappa shape index (κ2) is 4.92. The van der Waals surface area contributed by atoms with Gasteiger partial charge in [-0.2, -0.15) is 4.31 Å². The summed E-state index contributed by atoms with van der Waals surface area (Å²) in [5.74, 6) is -1.33. The molecule has 1 aromatic rings. The number of aliphatic carboxylic acids is 1. The molecular weight excluding hydrogens is 270 g/mol. The molecule has 0 saturated carbocycles. The van der Waals surface area contributed by atoms with Gasteiger partial charge in [0, 0.05) is 6.54 Å². The van der Waals surface area contributed by atoms with Crippen LogP contribution in [0.1, 0.15) is 12.0 Å². The van der Waals surface area contributed by atoms with Crippen molar-refractivity contribution in [1.82, 2.24) is 4.31 Å². The van der Waals surface area contributed by atoms with Gasteiger partial charge >= 0.3 is 5.97 Å². The van der Waals surface area contributed by atoms with Gasteiger partial charge in [0.25, 0.3) is 0 Å². The molecule has 0 radical (unpaired) electrons. The molecule has 2 atom stereocenters. The lowest BCUT2D eigenvalue weighted by Gasteiger charge is -2.22. The van der Waals surface area contributed by atoms with Crippen molar-refractivity contribution in [1.29, 1.82) is 0 Å². The van der Waals surface area contributed by atoms with Crippen molar-refractivity contribution in [2.24, 2.45) is 0 Å². The molecule has 0 aromatic heterocycles. The smallest absolute Gasteiger partial charge is 0.324 e. The Morgan fingerprint density at radius 2 is 1.89 bits per heavy atom. The molecule has 2 rings (SSSR count). The first-order valence-corrected chi connectivity index (χ1v) is 7.27. The number of carboxylic acid groups (broad SMARTS) is 1. The Hall–Kier alpha value is -1.44. The van der Waals surface area contributed by atoms with Gasteiger partial charge in [0.15, 0.2) is 0 Å². The number of hydrogen-bond acceptors (Lipinski definition) is 4. The van der Waals surface area contributed by atoms with Crippen molar-refractivity contribution >= 4 is 16.0 Å². The van der Waals surface area contributed by atoms with Crippen LogP contribution in [0.4, 0.5) is 0 Å². The molecule has 6 nitrogen and oxygen atoms in total. The summed E-state index contributed by atoms with van der Waals surface area (Å²) in [7, 11) is -3.89. The van der Waals surface area contributed by atoms with Crippen molar-refractivity contribution < 1.29 is 23.4 Å². The molecule has 0 spiro atoms. The first-order chi connectivity index (χ1) is 8.84. The Morgan fingerprint density at radius 1 is 1.32 bits per heavy atom. The van der Waals surface area contributed by atoms with Crippen LogP contribution in [0.5, 0.6) is 0 Å². The predicted molar refractivity (Wildman–Crippen MR) is 67.1 cm³/mol. The van der Waals surface area contributed by atoms with E-state index in [-0.39, 0.29) is 17.9 Å². The Balaban J connectivity index is 2.39. The van der Waals surface area contributed by atoms with Gasteiger partial charge in [0.1, 0.15) is 6.04 Å². The number of nitrogens with zero attached hydrogens (tertiary/aromatic N) is 1. The van der Waals surface area contributed by atoms with E-state index in [1.165, 1.54) is 12.1 Å². The van der Waals surface area contributed by atoms with E-state index in [2.05, 4.69) is 0 Å². The minimum Gasteiger partial charge on any atom is -0.480 e. The minimum atomic E-state index is -3.89. The lowest BCUT2D eigenvalue weighted by molar-refractivity contribution is -0.143. The van der Waals surface area contributed by atoms with E-state index in [1.54, 1.807) is 12.1 Å². The molecule has 2 N–H and O–H groups in total. The topological polar surface area (TPSA) is 94.9 Å². The van der Waals surface area contributed by atoms with Gasteiger partial charge in [-0.05, 0) is 25.5 Å². The fourth-order valence-electron chi connectivity index (χ4n) is 2.15. The zero-order valence-corrected chi connectivity index (χ0v) is 11.2. The van der Waals surface area contributed by atoms with Crippen LogP contribution in [0.2, 0.25) is 0 Å². The third-order valence-corrected chi connectivity index (χ3v) is 5.10. The molecule has 1 saturated heterocycles. The molecule has 1 aliphatic rings. The van der Waals surface area contributed by atoms with Crippen molar-refractivity contribution in [2.75, 3.05) is 6.54 Å². The van der Waals surface area contributed by atoms with Crippen LogP contribution >= 0.6 is 0 Å². The maximum Gasteiger partial charge on any atom is 0.324 e. The third kappa shape index (κ3) is 2.49. The SMILES string of the molecule is Cc1ccc(S(=O)(=O)N2CCC(O)C2C(=O)O)cc1. The van der Waals surface area contributed by atoms with Gasteiger partial charge < -0.3 is 10.2 Å². The second-order valence-corrected chi connectivity index (χ2v) is 6.46. The molecule has 0 bridgehead atoms. The van der Waals surface area contributed by atoms with E-state index in [4.69, 9.17) is 5.11 Å². The van der Waals surface area contributed by atoms with Crippen LogP contribution in [-0.4, -0.2) is 47.6 Å². The average Bonchev–Trinajstić information content (AvgIpc) is 2.72. The highest BCUT2D eigenvalue weighted by atomic mass is 32.2. The lowest BCUT2D eigenvalue weighted by Crippen LogP contribution is -2.44. The van der Waals surface area contributed by atoms with Crippen LogP contribution in [0.25, 0.3) is 0 Å². The number of sulfonamides is 1. The van der Waals surface area contributed by atoms with Gasteiger partial charge in [-0.3, -0.25) is 4.79 Å². The van der Waals surface area contributed by atoms with Gasteiger partial charge in [-0.15, -0.1) is 0 Å². The molecule has 1 aliphatic heterocycles. The Kier molecular flexibility index (Phi) is 3.62. The molecule has 104 valence electrons. The first kappa shape index (κ1) is 14.0. The number of carboxylic acids is 1. The van der Waals surface area contributed by atoms with Gasteiger partial charge in [-0.1, -0.05) is 17.7 Å². The summed E-state index contributed by atoms with van der Waals surface area (Å²) < 4.78 is 25.6. The van der Waals surface area contributed by atoms with Crippen molar-refractivity contribution in [3.05, 3.63) is 29.8 Å². The molecule has 19 heavy (non-hydrogen) atoms. The summed E-state index contributed by atoms with van der Waals surface area (Å²) >= 11 is 0. The fraction of sp³-hybridized carbons (Fsp3) is 0.417. The van der Waals surface area contributed by atoms with Crippen LogP contribution in [-0.2, 0) is 14.8 Å². The van der Waals surface area contributed by atoms with Crippen LogP contribution < -0.4 is 0 Å². The molecule has 1 aromatic carbocycles. The fourth-order valence-corrected chi connectivity index (χ4v) is 3.78. The van der Waals surface area contributed by atoms with Crippen molar-refractivity contribution in [3.8, 4) is 0 Å².